The summed E-state index contributed by atoms with van der Waals surface area (Å²) < 4.78 is 18.3. The molecule has 0 aromatic heterocycles. The first-order valence-electron chi connectivity index (χ1n) is 7.95. The quantitative estimate of drug-likeness (QED) is 0.607. The Morgan fingerprint density at radius 3 is 2.00 bits per heavy atom. The minimum atomic E-state index is -1.74. The van der Waals surface area contributed by atoms with Gasteiger partial charge in [0.05, 0.1) is 4.90 Å². The van der Waals surface area contributed by atoms with E-state index in [4.69, 9.17) is 4.18 Å². The van der Waals surface area contributed by atoms with Crippen molar-refractivity contribution in [2.75, 3.05) is 0 Å². The maximum atomic E-state index is 12.9. The molecule has 3 aromatic carbocycles. The van der Waals surface area contributed by atoms with Crippen LogP contribution in [0.1, 0.15) is 27.6 Å². The Balaban J connectivity index is 1.90. The lowest BCUT2D eigenvalue weighted by atomic mass is 10.0. The Morgan fingerprint density at radius 1 is 0.840 bits per heavy atom. The van der Waals surface area contributed by atoms with Gasteiger partial charge in [-0.1, -0.05) is 78.4 Å². The number of hydrogen-bond donors (Lipinski definition) is 0. The maximum absolute atomic E-state index is 12.9. The summed E-state index contributed by atoms with van der Waals surface area (Å²) in [6, 6.07) is 25.3. The molecule has 2 unspecified atom stereocenters. The maximum Gasteiger partial charge on any atom is 0.197 e. The summed E-state index contributed by atoms with van der Waals surface area (Å²) in [5.41, 5.74) is 2.27. The molecule has 0 aliphatic heterocycles. The fourth-order valence-electron chi connectivity index (χ4n) is 2.42. The van der Waals surface area contributed by atoms with E-state index in [1.807, 2.05) is 43.3 Å². The van der Waals surface area contributed by atoms with Gasteiger partial charge in [0.15, 0.2) is 23.0 Å². The number of hydrogen-bond acceptors (Lipinski definition) is 3. The summed E-state index contributed by atoms with van der Waals surface area (Å²) in [5.74, 6) is -0.215. The highest BCUT2D eigenvalue weighted by Crippen LogP contribution is 2.25. The Morgan fingerprint density at radius 2 is 1.40 bits per heavy atom. The SMILES string of the molecule is Cc1ccc(S(=O)OC(C(=O)c2ccccc2)c2ccccc2)cc1. The highest BCUT2D eigenvalue weighted by atomic mass is 32.2. The molecular weight excluding hydrogens is 332 g/mol. The van der Waals surface area contributed by atoms with Gasteiger partial charge in [-0.15, -0.1) is 0 Å². The van der Waals surface area contributed by atoms with Crippen LogP contribution < -0.4 is 0 Å². The van der Waals surface area contributed by atoms with Gasteiger partial charge >= 0.3 is 0 Å². The summed E-state index contributed by atoms with van der Waals surface area (Å²) in [7, 11) is 0. The number of carbonyl (C=O) groups is 1. The standard InChI is InChI=1S/C21H18O3S/c1-16-12-14-19(15-13-16)25(23)24-21(18-10-6-3-7-11-18)20(22)17-8-4-2-5-9-17/h2-15,21H,1H3. The second-order valence-electron chi connectivity index (χ2n) is 5.66. The Labute approximate surface area is 149 Å². The van der Waals surface area contributed by atoms with E-state index in [1.165, 1.54) is 0 Å². The van der Waals surface area contributed by atoms with Gasteiger partial charge in [-0.25, -0.2) is 4.21 Å². The largest absolute Gasteiger partial charge is 0.291 e. The smallest absolute Gasteiger partial charge is 0.197 e. The first-order chi connectivity index (χ1) is 12.1. The molecule has 0 amide bonds. The number of benzene rings is 3. The van der Waals surface area contributed by atoms with E-state index in [0.29, 0.717) is 16.0 Å². The van der Waals surface area contributed by atoms with Crippen molar-refractivity contribution < 1.29 is 13.2 Å². The molecule has 25 heavy (non-hydrogen) atoms. The van der Waals surface area contributed by atoms with Gasteiger partial charge in [0, 0.05) is 5.56 Å². The summed E-state index contributed by atoms with van der Waals surface area (Å²) in [4.78, 5) is 13.4. The molecule has 0 heterocycles. The first-order valence-corrected chi connectivity index (χ1v) is 9.02. The monoisotopic (exact) mass is 350 g/mol. The van der Waals surface area contributed by atoms with Crippen LogP contribution in [0.2, 0.25) is 0 Å². The van der Waals surface area contributed by atoms with E-state index in [-0.39, 0.29) is 5.78 Å². The molecule has 3 rings (SSSR count). The summed E-state index contributed by atoms with van der Waals surface area (Å²) in [6.45, 7) is 1.96. The van der Waals surface area contributed by atoms with E-state index in [0.717, 1.165) is 5.56 Å². The fourth-order valence-corrected chi connectivity index (χ4v) is 3.27. The molecule has 0 saturated heterocycles. The van der Waals surface area contributed by atoms with E-state index >= 15 is 0 Å². The van der Waals surface area contributed by atoms with Crippen molar-refractivity contribution in [3.05, 3.63) is 102 Å². The number of aryl methyl sites for hydroxylation is 1. The van der Waals surface area contributed by atoms with Crippen molar-refractivity contribution in [2.24, 2.45) is 0 Å². The van der Waals surface area contributed by atoms with Gasteiger partial charge in [-0.05, 0) is 24.6 Å². The van der Waals surface area contributed by atoms with Crippen molar-refractivity contribution in [1.82, 2.24) is 0 Å². The third kappa shape index (κ3) is 4.29. The molecule has 0 aliphatic carbocycles. The van der Waals surface area contributed by atoms with Crippen LogP contribution >= 0.6 is 0 Å². The summed E-state index contributed by atoms with van der Waals surface area (Å²) in [6.07, 6.45) is -0.925. The summed E-state index contributed by atoms with van der Waals surface area (Å²) in [5, 5.41) is 0. The molecule has 0 saturated carbocycles. The molecule has 0 radical (unpaired) electrons. The Hall–Kier alpha value is -2.56. The van der Waals surface area contributed by atoms with Crippen LogP contribution in [0.4, 0.5) is 0 Å². The van der Waals surface area contributed by atoms with Crippen LogP contribution in [-0.4, -0.2) is 9.99 Å². The van der Waals surface area contributed by atoms with Gasteiger partial charge in [-0.2, -0.15) is 0 Å². The Bertz CT molecular complexity index is 859. The molecule has 3 aromatic rings. The van der Waals surface area contributed by atoms with Crippen molar-refractivity contribution in [3.8, 4) is 0 Å². The van der Waals surface area contributed by atoms with E-state index in [9.17, 15) is 9.00 Å². The molecule has 0 bridgehead atoms. The molecule has 2 atom stereocenters. The topological polar surface area (TPSA) is 43.4 Å². The third-order valence-electron chi connectivity index (χ3n) is 3.80. The average Bonchev–Trinajstić information content (AvgIpc) is 2.67. The van der Waals surface area contributed by atoms with Gasteiger partial charge in [0.25, 0.3) is 0 Å². The van der Waals surface area contributed by atoms with Crippen LogP contribution in [0.25, 0.3) is 0 Å². The van der Waals surface area contributed by atoms with Crippen LogP contribution in [0.5, 0.6) is 0 Å². The number of carbonyl (C=O) groups excluding carboxylic acids is 1. The lowest BCUT2D eigenvalue weighted by Gasteiger charge is -2.16. The lowest BCUT2D eigenvalue weighted by Crippen LogP contribution is -2.18. The summed E-state index contributed by atoms with van der Waals surface area (Å²) >= 11 is -1.74. The third-order valence-corrected chi connectivity index (χ3v) is 4.82. The highest BCUT2D eigenvalue weighted by Gasteiger charge is 2.26. The minimum Gasteiger partial charge on any atom is -0.291 e. The molecule has 0 fully saturated rings. The predicted molar refractivity (Wildman–Crippen MR) is 98.6 cm³/mol. The van der Waals surface area contributed by atoms with Gasteiger partial charge in [0.2, 0.25) is 0 Å². The van der Waals surface area contributed by atoms with Crippen molar-refractivity contribution in [1.29, 1.82) is 0 Å². The molecule has 0 spiro atoms. The van der Waals surface area contributed by atoms with Crippen molar-refractivity contribution >= 4 is 16.9 Å². The highest BCUT2D eigenvalue weighted by molar-refractivity contribution is 7.80. The molecular formula is C21H18O3S. The van der Waals surface area contributed by atoms with E-state index in [2.05, 4.69) is 0 Å². The van der Waals surface area contributed by atoms with E-state index in [1.54, 1.807) is 48.5 Å². The second kappa shape index (κ2) is 8.01. The average molecular weight is 350 g/mol. The molecule has 3 nitrogen and oxygen atoms in total. The van der Waals surface area contributed by atoms with Crippen LogP contribution in [-0.2, 0) is 15.3 Å². The second-order valence-corrected chi connectivity index (χ2v) is 6.80. The minimum absolute atomic E-state index is 0.215. The number of rotatable bonds is 6. The van der Waals surface area contributed by atoms with E-state index < -0.39 is 17.2 Å². The number of ketones is 1. The molecule has 0 aliphatic rings. The molecule has 0 N–H and O–H groups in total. The van der Waals surface area contributed by atoms with Gasteiger partial charge < -0.3 is 0 Å². The van der Waals surface area contributed by atoms with Crippen LogP contribution in [0.3, 0.4) is 0 Å². The van der Waals surface area contributed by atoms with Crippen molar-refractivity contribution in [2.45, 2.75) is 17.9 Å². The van der Waals surface area contributed by atoms with Gasteiger partial charge in [0.1, 0.15) is 0 Å². The van der Waals surface area contributed by atoms with Crippen molar-refractivity contribution in [3.63, 3.8) is 0 Å². The van der Waals surface area contributed by atoms with Crippen LogP contribution in [0, 0.1) is 6.92 Å². The lowest BCUT2D eigenvalue weighted by molar-refractivity contribution is 0.0813. The zero-order chi connectivity index (χ0) is 17.6. The molecule has 4 heteroatoms. The number of Topliss-reactive ketones (excluding diaryl/α,β-unsaturated/α-hetero) is 1. The van der Waals surface area contributed by atoms with Gasteiger partial charge in [-0.3, -0.25) is 8.98 Å². The fraction of sp³-hybridized carbons (Fsp3) is 0.0952. The molecule has 126 valence electrons. The first kappa shape index (κ1) is 17.3. The van der Waals surface area contributed by atoms with Crippen LogP contribution in [0.15, 0.2) is 89.8 Å². The predicted octanol–water partition coefficient (Wildman–Crippen LogP) is 4.66. The normalized spacial score (nSPS) is 13.2. The zero-order valence-corrected chi connectivity index (χ0v) is 14.6. The Kier molecular flexibility index (Phi) is 5.53. The zero-order valence-electron chi connectivity index (χ0n) is 13.8.